The molecule has 0 unspecified atom stereocenters. The van der Waals surface area contributed by atoms with Crippen LogP contribution in [-0.2, 0) is 6.54 Å². The largest absolute Gasteiger partial charge is 0.299 e. The lowest BCUT2D eigenvalue weighted by molar-refractivity contribution is 0.220. The van der Waals surface area contributed by atoms with Gasteiger partial charge in [-0.15, -0.1) is 0 Å². The van der Waals surface area contributed by atoms with E-state index in [0.717, 1.165) is 6.54 Å². The van der Waals surface area contributed by atoms with Gasteiger partial charge in [-0.2, -0.15) is 0 Å². The number of hydrogen-bond donors (Lipinski definition) is 0. The number of aryl methyl sites for hydroxylation is 1. The fraction of sp³-hybridized carbons (Fsp3) is 0.538. The minimum Gasteiger partial charge on any atom is -0.299 e. The van der Waals surface area contributed by atoms with Crippen molar-refractivity contribution in [3.8, 4) is 0 Å². The molecule has 0 radical (unpaired) electrons. The molecule has 0 aromatic heterocycles. The van der Waals surface area contributed by atoms with Crippen LogP contribution in [0.4, 0.5) is 0 Å². The summed E-state index contributed by atoms with van der Waals surface area (Å²) in [5.41, 5.74) is 2.87. The molecule has 0 saturated carbocycles. The molecule has 2 heteroatoms. The van der Waals surface area contributed by atoms with E-state index in [0.29, 0.717) is 0 Å². The van der Waals surface area contributed by atoms with Crippen LogP contribution in [0.2, 0.25) is 0 Å². The number of benzene rings is 1. The fourth-order valence-corrected chi connectivity index (χ4v) is 2.67. The van der Waals surface area contributed by atoms with Crippen molar-refractivity contribution in [2.75, 3.05) is 13.1 Å². The average molecular weight is 268 g/mol. The second-order valence-electron chi connectivity index (χ2n) is 4.41. The monoisotopic (exact) mass is 267 g/mol. The molecule has 1 heterocycles. The molecule has 15 heavy (non-hydrogen) atoms. The van der Waals surface area contributed by atoms with Gasteiger partial charge in [0, 0.05) is 11.0 Å². The highest BCUT2D eigenvalue weighted by atomic mass is 79.9. The first-order chi connectivity index (χ1) is 7.25. The normalized spacial score (nSPS) is 18.0. The second-order valence-corrected chi connectivity index (χ2v) is 5.32. The fourth-order valence-electron chi connectivity index (χ4n) is 2.20. The molecule has 82 valence electrons. The van der Waals surface area contributed by atoms with E-state index in [1.807, 2.05) is 0 Å². The molecule has 0 spiro atoms. The van der Waals surface area contributed by atoms with Crippen molar-refractivity contribution in [2.24, 2.45) is 0 Å². The molecular formula is C13H18BrN. The van der Waals surface area contributed by atoms with Crippen LogP contribution in [0.25, 0.3) is 0 Å². The highest BCUT2D eigenvalue weighted by Crippen LogP contribution is 2.19. The smallest absolute Gasteiger partial charge is 0.0236 e. The van der Waals surface area contributed by atoms with Gasteiger partial charge < -0.3 is 0 Å². The van der Waals surface area contributed by atoms with Gasteiger partial charge in [-0.1, -0.05) is 28.4 Å². The van der Waals surface area contributed by atoms with E-state index in [4.69, 9.17) is 0 Å². The van der Waals surface area contributed by atoms with Crippen LogP contribution >= 0.6 is 15.9 Å². The van der Waals surface area contributed by atoms with Crippen molar-refractivity contribution in [3.05, 3.63) is 33.8 Å². The van der Waals surface area contributed by atoms with Crippen LogP contribution in [0.3, 0.4) is 0 Å². The maximum absolute atomic E-state index is 3.51. The summed E-state index contributed by atoms with van der Waals surface area (Å²) in [5, 5.41) is 0. The lowest BCUT2D eigenvalue weighted by atomic mass is 10.1. The summed E-state index contributed by atoms with van der Waals surface area (Å²) in [5.74, 6) is 0. The second kappa shape index (κ2) is 5.13. The number of halogens is 1. The quantitative estimate of drug-likeness (QED) is 0.789. The molecule has 0 N–H and O–H groups in total. The van der Waals surface area contributed by atoms with Crippen LogP contribution in [0.1, 0.15) is 30.4 Å². The van der Waals surface area contributed by atoms with Crippen molar-refractivity contribution in [2.45, 2.75) is 32.7 Å². The van der Waals surface area contributed by atoms with E-state index >= 15 is 0 Å². The third-order valence-electron chi connectivity index (χ3n) is 3.15. The van der Waals surface area contributed by atoms with Gasteiger partial charge in [0.05, 0.1) is 0 Å². The molecule has 1 aromatic rings. The Balaban J connectivity index is 2.03. The van der Waals surface area contributed by atoms with Crippen molar-refractivity contribution < 1.29 is 0 Å². The third-order valence-corrected chi connectivity index (χ3v) is 3.64. The summed E-state index contributed by atoms with van der Waals surface area (Å²) in [7, 11) is 0. The van der Waals surface area contributed by atoms with Crippen molar-refractivity contribution in [1.82, 2.24) is 4.90 Å². The number of likely N-dealkylation sites (tertiary alicyclic amines) is 1. The molecule has 1 nitrogen and oxygen atoms in total. The van der Waals surface area contributed by atoms with Gasteiger partial charge in [-0.05, 0) is 56.1 Å². The molecule has 1 aromatic carbocycles. The minimum absolute atomic E-state index is 1.12. The Kier molecular flexibility index (Phi) is 3.81. The van der Waals surface area contributed by atoms with E-state index in [2.05, 4.69) is 46.0 Å². The van der Waals surface area contributed by atoms with Crippen molar-refractivity contribution in [3.63, 3.8) is 0 Å². The molecule has 0 atom stereocenters. The van der Waals surface area contributed by atoms with Crippen LogP contribution in [0.5, 0.6) is 0 Å². The average Bonchev–Trinajstić information content (AvgIpc) is 2.24. The Hall–Kier alpha value is -0.340. The maximum Gasteiger partial charge on any atom is 0.0236 e. The predicted octanol–water partition coefficient (Wildman–Crippen LogP) is 3.74. The summed E-state index contributed by atoms with van der Waals surface area (Å²) in [4.78, 5) is 2.57. The van der Waals surface area contributed by atoms with E-state index < -0.39 is 0 Å². The van der Waals surface area contributed by atoms with Gasteiger partial charge in [0.1, 0.15) is 0 Å². The highest BCUT2D eigenvalue weighted by molar-refractivity contribution is 9.10. The Morgan fingerprint density at radius 2 is 1.93 bits per heavy atom. The summed E-state index contributed by atoms with van der Waals surface area (Å²) in [6, 6.07) is 6.60. The Labute approximate surface area is 101 Å². The number of rotatable bonds is 2. The topological polar surface area (TPSA) is 3.24 Å². The molecule has 1 aliphatic rings. The van der Waals surface area contributed by atoms with Gasteiger partial charge >= 0.3 is 0 Å². The van der Waals surface area contributed by atoms with E-state index in [-0.39, 0.29) is 0 Å². The van der Waals surface area contributed by atoms with Crippen molar-refractivity contribution >= 4 is 15.9 Å². The SMILES string of the molecule is Cc1cc(Br)ccc1CN1CCCCC1. The maximum atomic E-state index is 3.51. The zero-order chi connectivity index (χ0) is 10.7. The Morgan fingerprint density at radius 1 is 1.20 bits per heavy atom. The van der Waals surface area contributed by atoms with Crippen LogP contribution in [0.15, 0.2) is 22.7 Å². The summed E-state index contributed by atoms with van der Waals surface area (Å²) in [6.07, 6.45) is 4.15. The van der Waals surface area contributed by atoms with Crippen LogP contribution in [0, 0.1) is 6.92 Å². The molecule has 1 saturated heterocycles. The van der Waals surface area contributed by atoms with Gasteiger partial charge in [0.15, 0.2) is 0 Å². The molecule has 0 aliphatic carbocycles. The molecule has 0 amide bonds. The minimum atomic E-state index is 1.12. The summed E-state index contributed by atoms with van der Waals surface area (Å²) in [6.45, 7) is 5.87. The zero-order valence-corrected chi connectivity index (χ0v) is 10.9. The summed E-state index contributed by atoms with van der Waals surface area (Å²) < 4.78 is 1.18. The lowest BCUT2D eigenvalue weighted by Gasteiger charge is -2.27. The Bertz CT molecular complexity index is 329. The van der Waals surface area contributed by atoms with Gasteiger partial charge in [0.2, 0.25) is 0 Å². The number of hydrogen-bond acceptors (Lipinski definition) is 1. The molecule has 1 aliphatic heterocycles. The highest BCUT2D eigenvalue weighted by Gasteiger charge is 2.11. The lowest BCUT2D eigenvalue weighted by Crippen LogP contribution is -2.29. The third kappa shape index (κ3) is 3.05. The van der Waals surface area contributed by atoms with Crippen molar-refractivity contribution in [1.29, 1.82) is 0 Å². The molecule has 1 fully saturated rings. The zero-order valence-electron chi connectivity index (χ0n) is 9.30. The van der Waals surface area contributed by atoms with Gasteiger partial charge in [-0.3, -0.25) is 4.90 Å². The number of piperidine rings is 1. The first kappa shape index (κ1) is 11.2. The van der Waals surface area contributed by atoms with Gasteiger partial charge in [-0.25, -0.2) is 0 Å². The first-order valence-corrected chi connectivity index (χ1v) is 6.52. The Morgan fingerprint density at radius 3 is 2.60 bits per heavy atom. The standard InChI is InChI=1S/C13H18BrN/c1-11-9-13(14)6-5-12(11)10-15-7-3-2-4-8-15/h5-6,9H,2-4,7-8,10H2,1H3. The van der Waals surface area contributed by atoms with E-state index in [9.17, 15) is 0 Å². The van der Waals surface area contributed by atoms with E-state index in [1.54, 1.807) is 0 Å². The van der Waals surface area contributed by atoms with E-state index in [1.165, 1.54) is 48.0 Å². The predicted molar refractivity (Wildman–Crippen MR) is 68.0 cm³/mol. The summed E-state index contributed by atoms with van der Waals surface area (Å²) >= 11 is 3.51. The first-order valence-electron chi connectivity index (χ1n) is 5.73. The molecule has 0 bridgehead atoms. The molecular weight excluding hydrogens is 250 g/mol. The van der Waals surface area contributed by atoms with Gasteiger partial charge in [0.25, 0.3) is 0 Å². The number of nitrogens with zero attached hydrogens (tertiary/aromatic N) is 1. The molecule has 2 rings (SSSR count). The van der Waals surface area contributed by atoms with Crippen LogP contribution < -0.4 is 0 Å². The van der Waals surface area contributed by atoms with Crippen LogP contribution in [-0.4, -0.2) is 18.0 Å².